The van der Waals surface area contributed by atoms with Crippen LogP contribution >= 0.6 is 0 Å². The van der Waals surface area contributed by atoms with Crippen LogP contribution in [0.15, 0.2) is 41.2 Å². The number of aryl methyl sites for hydroxylation is 2. The first-order valence-electron chi connectivity index (χ1n) is 10.1. The molecule has 5 nitrogen and oxygen atoms in total. The van der Waals surface area contributed by atoms with Gasteiger partial charge in [-0.1, -0.05) is 25.1 Å². The zero-order valence-corrected chi connectivity index (χ0v) is 17.0. The van der Waals surface area contributed by atoms with E-state index in [2.05, 4.69) is 65.6 Å². The molecule has 0 fully saturated rings. The summed E-state index contributed by atoms with van der Waals surface area (Å²) in [4.78, 5) is 22.6. The highest BCUT2D eigenvalue weighted by atomic mass is 16.1. The van der Waals surface area contributed by atoms with Crippen LogP contribution in [-0.2, 0) is 25.9 Å². The van der Waals surface area contributed by atoms with E-state index in [4.69, 9.17) is 4.98 Å². The largest absolute Gasteiger partial charge is 0.318 e. The van der Waals surface area contributed by atoms with Crippen molar-refractivity contribution in [3.05, 3.63) is 80.8 Å². The van der Waals surface area contributed by atoms with E-state index in [-0.39, 0.29) is 5.56 Å². The molecule has 4 rings (SSSR count). The third kappa shape index (κ3) is 3.54. The number of hydrogen-bond acceptors (Lipinski definition) is 3. The smallest absolute Gasteiger partial charge is 0.255 e. The van der Waals surface area contributed by atoms with Crippen molar-refractivity contribution in [2.45, 2.75) is 53.1 Å². The lowest BCUT2D eigenvalue weighted by Gasteiger charge is -2.27. The monoisotopic (exact) mass is 376 g/mol. The maximum absolute atomic E-state index is 12.5. The Labute approximate surface area is 166 Å². The quantitative estimate of drug-likeness (QED) is 0.739. The lowest BCUT2D eigenvalue weighted by atomic mass is 10.1. The maximum Gasteiger partial charge on any atom is 0.255 e. The van der Waals surface area contributed by atoms with Crippen LogP contribution in [0.4, 0.5) is 0 Å². The Kier molecular flexibility index (Phi) is 5.18. The van der Waals surface area contributed by atoms with E-state index in [0.29, 0.717) is 6.54 Å². The summed E-state index contributed by atoms with van der Waals surface area (Å²) in [5, 5.41) is 0. The summed E-state index contributed by atoms with van der Waals surface area (Å²) in [5.74, 6) is 0.825. The highest BCUT2D eigenvalue weighted by Crippen LogP contribution is 2.24. The summed E-state index contributed by atoms with van der Waals surface area (Å²) in [6.45, 7) is 8.88. The first kappa shape index (κ1) is 18.7. The van der Waals surface area contributed by atoms with Gasteiger partial charge in [-0.15, -0.1) is 0 Å². The van der Waals surface area contributed by atoms with Crippen molar-refractivity contribution >= 4 is 0 Å². The van der Waals surface area contributed by atoms with E-state index >= 15 is 0 Å². The molecule has 3 aromatic rings. The summed E-state index contributed by atoms with van der Waals surface area (Å²) < 4.78 is 2.30. The Bertz CT molecular complexity index is 1030. The van der Waals surface area contributed by atoms with Gasteiger partial charge >= 0.3 is 0 Å². The molecule has 0 atom stereocenters. The molecule has 0 unspecified atom stereocenters. The Hall–Kier alpha value is -2.66. The van der Waals surface area contributed by atoms with E-state index in [0.717, 1.165) is 49.4 Å². The first-order chi connectivity index (χ1) is 13.6. The molecular formula is C23H28N4O. The SMILES string of the molecule is CCCc1nc2c(c(=O)[nH]1)CN(Cc1cc(C)n(-c3ccccc3)c1C)CC2. The van der Waals surface area contributed by atoms with Crippen molar-refractivity contribution in [3.8, 4) is 5.69 Å². The van der Waals surface area contributed by atoms with Gasteiger partial charge in [-0.3, -0.25) is 9.69 Å². The van der Waals surface area contributed by atoms with Crippen LogP contribution in [0.3, 0.4) is 0 Å². The molecule has 1 aliphatic rings. The fraction of sp³-hybridized carbons (Fsp3) is 0.391. The summed E-state index contributed by atoms with van der Waals surface area (Å²) in [5.41, 5.74) is 6.86. The fourth-order valence-corrected chi connectivity index (χ4v) is 4.23. The second-order valence-corrected chi connectivity index (χ2v) is 7.72. The van der Waals surface area contributed by atoms with Gasteiger partial charge in [-0.2, -0.15) is 0 Å². The second kappa shape index (κ2) is 7.76. The van der Waals surface area contributed by atoms with Crippen molar-refractivity contribution in [1.82, 2.24) is 19.4 Å². The average Bonchev–Trinajstić information content (AvgIpc) is 2.96. The van der Waals surface area contributed by atoms with Gasteiger partial charge in [0, 0.05) is 49.6 Å². The number of para-hydroxylation sites is 1. The van der Waals surface area contributed by atoms with E-state index < -0.39 is 0 Å². The minimum absolute atomic E-state index is 0.0351. The summed E-state index contributed by atoms with van der Waals surface area (Å²) in [7, 11) is 0. The molecule has 0 radical (unpaired) electrons. The molecule has 1 aliphatic heterocycles. The number of aromatic nitrogens is 3. The van der Waals surface area contributed by atoms with E-state index in [1.165, 1.54) is 22.6 Å². The predicted molar refractivity (Wildman–Crippen MR) is 112 cm³/mol. The number of benzene rings is 1. The molecule has 1 aromatic carbocycles. The van der Waals surface area contributed by atoms with Gasteiger partial charge < -0.3 is 9.55 Å². The molecular weight excluding hydrogens is 348 g/mol. The average molecular weight is 377 g/mol. The van der Waals surface area contributed by atoms with Crippen LogP contribution < -0.4 is 5.56 Å². The highest BCUT2D eigenvalue weighted by molar-refractivity contribution is 5.41. The van der Waals surface area contributed by atoms with E-state index in [1.807, 2.05) is 6.07 Å². The Morgan fingerprint density at radius 3 is 2.71 bits per heavy atom. The van der Waals surface area contributed by atoms with Crippen molar-refractivity contribution in [1.29, 1.82) is 0 Å². The fourth-order valence-electron chi connectivity index (χ4n) is 4.23. The summed E-state index contributed by atoms with van der Waals surface area (Å²) >= 11 is 0. The van der Waals surface area contributed by atoms with Gasteiger partial charge in [0.05, 0.1) is 11.3 Å². The molecule has 0 saturated heterocycles. The van der Waals surface area contributed by atoms with Crippen LogP contribution in [0.25, 0.3) is 5.69 Å². The zero-order valence-electron chi connectivity index (χ0n) is 17.0. The van der Waals surface area contributed by atoms with Crippen LogP contribution in [0.1, 0.15) is 47.4 Å². The van der Waals surface area contributed by atoms with Gasteiger partial charge in [0.15, 0.2) is 0 Å². The predicted octanol–water partition coefficient (Wildman–Crippen LogP) is 3.69. The molecule has 0 bridgehead atoms. The minimum atomic E-state index is 0.0351. The van der Waals surface area contributed by atoms with Crippen molar-refractivity contribution in [3.63, 3.8) is 0 Å². The van der Waals surface area contributed by atoms with Crippen LogP contribution in [-0.4, -0.2) is 26.0 Å². The third-order valence-corrected chi connectivity index (χ3v) is 5.63. The molecule has 0 saturated carbocycles. The zero-order chi connectivity index (χ0) is 19.7. The van der Waals surface area contributed by atoms with E-state index in [1.54, 1.807) is 0 Å². The number of H-pyrrole nitrogens is 1. The Morgan fingerprint density at radius 1 is 1.18 bits per heavy atom. The summed E-state index contributed by atoms with van der Waals surface area (Å²) in [6.07, 6.45) is 2.66. The molecule has 0 amide bonds. The molecule has 2 aromatic heterocycles. The van der Waals surface area contributed by atoms with Crippen molar-refractivity contribution < 1.29 is 0 Å². The normalized spacial score (nSPS) is 14.2. The molecule has 0 aliphatic carbocycles. The molecule has 3 heterocycles. The molecule has 5 heteroatoms. The van der Waals surface area contributed by atoms with E-state index in [9.17, 15) is 4.79 Å². The second-order valence-electron chi connectivity index (χ2n) is 7.72. The number of fused-ring (bicyclic) bond motifs is 1. The van der Waals surface area contributed by atoms with Gasteiger partial charge in [0.2, 0.25) is 0 Å². The van der Waals surface area contributed by atoms with Crippen LogP contribution in [0, 0.1) is 13.8 Å². The molecule has 0 spiro atoms. The van der Waals surface area contributed by atoms with Crippen LogP contribution in [0.5, 0.6) is 0 Å². The van der Waals surface area contributed by atoms with Crippen molar-refractivity contribution in [2.24, 2.45) is 0 Å². The number of hydrogen-bond donors (Lipinski definition) is 1. The third-order valence-electron chi connectivity index (χ3n) is 5.63. The highest BCUT2D eigenvalue weighted by Gasteiger charge is 2.22. The maximum atomic E-state index is 12.5. The standard InChI is InChI=1S/C23H28N4O/c1-4-8-22-24-21-11-12-26(15-20(21)23(28)25-22)14-18-13-16(2)27(17(18)3)19-9-6-5-7-10-19/h5-7,9-10,13H,4,8,11-12,14-15H2,1-3H3,(H,24,25,28). The van der Waals surface area contributed by atoms with Gasteiger partial charge in [0.25, 0.3) is 5.56 Å². The van der Waals surface area contributed by atoms with Gasteiger partial charge in [-0.05, 0) is 44.0 Å². The topological polar surface area (TPSA) is 53.9 Å². The molecule has 1 N–H and O–H groups in total. The molecule has 146 valence electrons. The molecule has 28 heavy (non-hydrogen) atoms. The summed E-state index contributed by atoms with van der Waals surface area (Å²) in [6, 6.07) is 12.7. The van der Waals surface area contributed by atoms with Crippen LogP contribution in [0.2, 0.25) is 0 Å². The lowest BCUT2D eigenvalue weighted by Crippen LogP contribution is -2.35. The minimum Gasteiger partial charge on any atom is -0.318 e. The first-order valence-corrected chi connectivity index (χ1v) is 10.1. The lowest BCUT2D eigenvalue weighted by molar-refractivity contribution is 0.241. The van der Waals surface area contributed by atoms with Gasteiger partial charge in [0.1, 0.15) is 5.82 Å². The number of nitrogens with zero attached hydrogens (tertiary/aromatic N) is 3. The number of nitrogens with one attached hydrogen (secondary N) is 1. The Balaban J connectivity index is 1.56. The Morgan fingerprint density at radius 2 is 1.96 bits per heavy atom. The van der Waals surface area contributed by atoms with Crippen molar-refractivity contribution in [2.75, 3.05) is 6.54 Å². The number of aromatic amines is 1. The number of rotatable bonds is 5. The van der Waals surface area contributed by atoms with Gasteiger partial charge in [-0.25, -0.2) is 4.98 Å².